The largest absolute Gasteiger partial charge is 0.256 e. The highest BCUT2D eigenvalue weighted by molar-refractivity contribution is 4.98. The van der Waals surface area contributed by atoms with Crippen LogP contribution in [0.15, 0.2) is 6.20 Å². The van der Waals surface area contributed by atoms with Crippen molar-refractivity contribution < 1.29 is 4.57 Å². The zero-order valence-corrected chi connectivity index (χ0v) is 7.30. The number of aryl methyl sites for hydroxylation is 2. The first-order chi connectivity index (χ1) is 5.29. The van der Waals surface area contributed by atoms with Crippen LogP contribution in [0.1, 0.15) is 24.4 Å². The fourth-order valence-electron chi connectivity index (χ4n) is 1.99. The SMILES string of the molecule is Cc1c[n+](C)c2n1CCCC2. The Hall–Kier alpha value is -0.790. The Labute approximate surface area is 67.5 Å². The second-order valence-electron chi connectivity index (χ2n) is 3.41. The van der Waals surface area contributed by atoms with Crippen LogP contribution >= 0.6 is 0 Å². The van der Waals surface area contributed by atoms with Gasteiger partial charge in [0.15, 0.2) is 0 Å². The van der Waals surface area contributed by atoms with Gasteiger partial charge in [-0.3, -0.25) is 0 Å². The highest BCUT2D eigenvalue weighted by atomic mass is 15.2. The molecule has 2 heteroatoms. The topological polar surface area (TPSA) is 8.81 Å². The molecule has 0 radical (unpaired) electrons. The molecule has 0 aromatic carbocycles. The van der Waals surface area contributed by atoms with Gasteiger partial charge >= 0.3 is 0 Å². The van der Waals surface area contributed by atoms with Gasteiger partial charge in [0.2, 0.25) is 0 Å². The number of fused-ring (bicyclic) bond motifs is 1. The summed E-state index contributed by atoms with van der Waals surface area (Å²) in [6.07, 6.45) is 6.19. The number of nitrogens with zero attached hydrogens (tertiary/aromatic N) is 2. The molecule has 2 rings (SSSR count). The Kier molecular flexibility index (Phi) is 1.48. The molecule has 0 fully saturated rings. The van der Waals surface area contributed by atoms with Crippen molar-refractivity contribution in [3.05, 3.63) is 17.7 Å². The van der Waals surface area contributed by atoms with Crippen molar-refractivity contribution in [2.45, 2.75) is 32.7 Å². The minimum Gasteiger partial charge on any atom is -0.237 e. The molecular formula is C9H15N2+. The summed E-state index contributed by atoms with van der Waals surface area (Å²) in [5.41, 5.74) is 1.40. The molecule has 2 nitrogen and oxygen atoms in total. The van der Waals surface area contributed by atoms with E-state index in [1.807, 2.05) is 0 Å². The van der Waals surface area contributed by atoms with Crippen LogP contribution in [0.25, 0.3) is 0 Å². The summed E-state index contributed by atoms with van der Waals surface area (Å²) in [5.74, 6) is 1.49. The maximum atomic E-state index is 2.43. The van der Waals surface area contributed by atoms with E-state index in [0.717, 1.165) is 0 Å². The Morgan fingerprint density at radius 1 is 1.45 bits per heavy atom. The van der Waals surface area contributed by atoms with Gasteiger partial charge in [-0.15, -0.1) is 0 Å². The summed E-state index contributed by atoms with van der Waals surface area (Å²) in [7, 11) is 2.14. The van der Waals surface area contributed by atoms with Crippen molar-refractivity contribution >= 4 is 0 Å². The molecular weight excluding hydrogens is 136 g/mol. The molecule has 1 aliphatic rings. The van der Waals surface area contributed by atoms with Gasteiger partial charge in [0.1, 0.15) is 11.9 Å². The molecule has 60 valence electrons. The van der Waals surface area contributed by atoms with Gasteiger partial charge in [-0.05, 0) is 12.8 Å². The van der Waals surface area contributed by atoms with Crippen LogP contribution in [0, 0.1) is 6.92 Å². The average molecular weight is 151 g/mol. The summed E-state index contributed by atoms with van der Waals surface area (Å²) >= 11 is 0. The van der Waals surface area contributed by atoms with Crippen molar-refractivity contribution in [2.24, 2.45) is 7.05 Å². The van der Waals surface area contributed by atoms with E-state index in [4.69, 9.17) is 0 Å². The van der Waals surface area contributed by atoms with Gasteiger partial charge < -0.3 is 0 Å². The van der Waals surface area contributed by atoms with E-state index in [2.05, 4.69) is 29.3 Å². The zero-order valence-electron chi connectivity index (χ0n) is 7.30. The predicted molar refractivity (Wildman–Crippen MR) is 43.3 cm³/mol. The first kappa shape index (κ1) is 6.89. The molecule has 0 N–H and O–H groups in total. The van der Waals surface area contributed by atoms with Gasteiger partial charge in [0, 0.05) is 13.3 Å². The molecule has 0 unspecified atom stereocenters. The Morgan fingerprint density at radius 2 is 2.27 bits per heavy atom. The lowest BCUT2D eigenvalue weighted by Crippen LogP contribution is -2.33. The Bertz CT molecular complexity index is 247. The first-order valence-electron chi connectivity index (χ1n) is 4.33. The van der Waals surface area contributed by atoms with E-state index in [1.54, 1.807) is 0 Å². The molecule has 1 aliphatic heterocycles. The van der Waals surface area contributed by atoms with E-state index in [0.29, 0.717) is 0 Å². The number of hydrogen-bond donors (Lipinski definition) is 0. The normalized spacial score (nSPS) is 16.5. The minimum atomic E-state index is 1.22. The number of hydrogen-bond acceptors (Lipinski definition) is 0. The van der Waals surface area contributed by atoms with Crippen LogP contribution in [-0.4, -0.2) is 4.57 Å². The fourth-order valence-corrected chi connectivity index (χ4v) is 1.99. The van der Waals surface area contributed by atoms with Gasteiger partial charge in [-0.25, -0.2) is 9.13 Å². The van der Waals surface area contributed by atoms with Crippen LogP contribution in [0.5, 0.6) is 0 Å². The number of rotatable bonds is 0. The second-order valence-corrected chi connectivity index (χ2v) is 3.41. The molecule has 0 amide bonds. The van der Waals surface area contributed by atoms with Gasteiger partial charge in [0.05, 0.1) is 13.6 Å². The summed E-state index contributed by atoms with van der Waals surface area (Å²) in [5, 5.41) is 0. The predicted octanol–water partition coefficient (Wildman–Crippen LogP) is 0.957. The van der Waals surface area contributed by atoms with Gasteiger partial charge in [-0.2, -0.15) is 0 Å². The van der Waals surface area contributed by atoms with Gasteiger partial charge in [-0.1, -0.05) is 0 Å². The zero-order chi connectivity index (χ0) is 7.84. The van der Waals surface area contributed by atoms with E-state index >= 15 is 0 Å². The summed E-state index contributed by atoms with van der Waals surface area (Å²) in [4.78, 5) is 0. The summed E-state index contributed by atoms with van der Waals surface area (Å²) in [6, 6.07) is 0. The highest BCUT2D eigenvalue weighted by Gasteiger charge is 2.21. The van der Waals surface area contributed by atoms with E-state index in [-0.39, 0.29) is 0 Å². The molecule has 0 saturated heterocycles. The van der Waals surface area contributed by atoms with Crippen molar-refractivity contribution in [1.29, 1.82) is 0 Å². The standard InChI is InChI=1S/C9H15N2/c1-8-7-10(2)9-5-3-4-6-11(8)9/h7H,3-6H2,1-2H3/q+1. The van der Waals surface area contributed by atoms with E-state index in [9.17, 15) is 0 Å². The second kappa shape index (κ2) is 2.36. The molecule has 0 saturated carbocycles. The van der Waals surface area contributed by atoms with Crippen LogP contribution < -0.4 is 4.57 Å². The summed E-state index contributed by atoms with van der Waals surface area (Å²) < 4.78 is 4.69. The lowest BCUT2D eigenvalue weighted by Gasteiger charge is -2.08. The molecule has 1 aromatic heterocycles. The lowest BCUT2D eigenvalue weighted by molar-refractivity contribution is -0.679. The summed E-state index contributed by atoms with van der Waals surface area (Å²) in [6.45, 7) is 3.41. The third-order valence-electron chi connectivity index (χ3n) is 2.56. The molecule has 2 heterocycles. The fraction of sp³-hybridized carbons (Fsp3) is 0.667. The lowest BCUT2D eigenvalue weighted by atomic mass is 10.1. The monoisotopic (exact) mass is 151 g/mol. The smallest absolute Gasteiger partial charge is 0.237 e. The molecule has 0 bridgehead atoms. The minimum absolute atomic E-state index is 1.22. The first-order valence-corrected chi connectivity index (χ1v) is 4.33. The van der Waals surface area contributed by atoms with Crippen molar-refractivity contribution in [2.75, 3.05) is 0 Å². The molecule has 11 heavy (non-hydrogen) atoms. The average Bonchev–Trinajstić information content (AvgIpc) is 2.30. The maximum absolute atomic E-state index is 2.43. The van der Waals surface area contributed by atoms with Crippen LogP contribution in [0.4, 0.5) is 0 Å². The molecule has 1 aromatic rings. The van der Waals surface area contributed by atoms with Crippen LogP contribution in [0.2, 0.25) is 0 Å². The quantitative estimate of drug-likeness (QED) is 0.488. The van der Waals surface area contributed by atoms with Crippen LogP contribution in [-0.2, 0) is 20.0 Å². The third-order valence-corrected chi connectivity index (χ3v) is 2.56. The number of aromatic nitrogens is 2. The van der Waals surface area contributed by atoms with Gasteiger partial charge in [0.25, 0.3) is 5.82 Å². The highest BCUT2D eigenvalue weighted by Crippen LogP contribution is 2.13. The Balaban J connectivity index is 2.52. The number of imidazole rings is 1. The van der Waals surface area contributed by atoms with Crippen molar-refractivity contribution in [3.63, 3.8) is 0 Å². The van der Waals surface area contributed by atoms with Crippen LogP contribution in [0.3, 0.4) is 0 Å². The van der Waals surface area contributed by atoms with E-state index in [1.165, 1.54) is 37.3 Å². The molecule has 0 spiro atoms. The molecule has 0 aliphatic carbocycles. The van der Waals surface area contributed by atoms with Crippen molar-refractivity contribution in [1.82, 2.24) is 4.57 Å². The van der Waals surface area contributed by atoms with Crippen molar-refractivity contribution in [3.8, 4) is 0 Å². The van der Waals surface area contributed by atoms with E-state index < -0.39 is 0 Å². The Morgan fingerprint density at radius 3 is 3.00 bits per heavy atom. The molecule has 0 atom stereocenters. The third kappa shape index (κ3) is 0.971. The maximum Gasteiger partial charge on any atom is 0.256 e.